The van der Waals surface area contributed by atoms with Gasteiger partial charge in [0.1, 0.15) is 5.65 Å². The standard InChI is InChI=1S/C19H29N5S.HI/c1-4-20-19(24-10-11-25-17(13-24)14(2)3)22-9-7-15-12-23-18-16(15)6-5-8-21-18;/h5-6,8,12,14,17H,4,7,9-11,13H2,1-3H3,(H,20,22)(H,21,23);1H. The maximum absolute atomic E-state index is 4.90. The fraction of sp³-hybridized carbons (Fsp3) is 0.579. The first-order valence-corrected chi connectivity index (χ1v) is 10.3. The number of aromatic nitrogens is 2. The Morgan fingerprint density at radius 1 is 1.50 bits per heavy atom. The molecule has 1 aliphatic rings. The van der Waals surface area contributed by atoms with Crippen molar-refractivity contribution in [3.05, 3.63) is 30.1 Å². The lowest BCUT2D eigenvalue weighted by molar-refractivity contribution is 0.381. The monoisotopic (exact) mass is 487 g/mol. The summed E-state index contributed by atoms with van der Waals surface area (Å²) in [6, 6.07) is 4.11. The van der Waals surface area contributed by atoms with Crippen molar-refractivity contribution in [3.8, 4) is 0 Å². The molecule has 1 aliphatic heterocycles. The molecule has 1 fully saturated rings. The molecule has 0 aromatic carbocycles. The largest absolute Gasteiger partial charge is 0.357 e. The van der Waals surface area contributed by atoms with Gasteiger partial charge in [0, 0.05) is 55.0 Å². The summed E-state index contributed by atoms with van der Waals surface area (Å²) in [5.74, 6) is 2.95. The zero-order valence-electron chi connectivity index (χ0n) is 15.9. The lowest BCUT2D eigenvalue weighted by Gasteiger charge is -2.36. The van der Waals surface area contributed by atoms with Gasteiger partial charge in [-0.05, 0) is 37.0 Å². The molecule has 144 valence electrons. The van der Waals surface area contributed by atoms with Gasteiger partial charge >= 0.3 is 0 Å². The van der Waals surface area contributed by atoms with Gasteiger partial charge in [-0.1, -0.05) is 13.8 Å². The molecule has 1 saturated heterocycles. The van der Waals surface area contributed by atoms with Crippen LogP contribution in [0.15, 0.2) is 29.5 Å². The molecule has 3 rings (SSSR count). The lowest BCUT2D eigenvalue weighted by Crippen LogP contribution is -2.49. The Morgan fingerprint density at radius 2 is 2.35 bits per heavy atom. The molecular formula is C19H30IN5S. The van der Waals surface area contributed by atoms with Gasteiger partial charge < -0.3 is 15.2 Å². The first-order valence-electron chi connectivity index (χ1n) is 9.25. The lowest BCUT2D eigenvalue weighted by atomic mass is 10.1. The second-order valence-electron chi connectivity index (χ2n) is 6.80. The predicted molar refractivity (Wildman–Crippen MR) is 124 cm³/mol. The third-order valence-corrected chi connectivity index (χ3v) is 6.19. The van der Waals surface area contributed by atoms with E-state index in [0.717, 1.165) is 44.2 Å². The van der Waals surface area contributed by atoms with Crippen molar-refractivity contribution in [2.45, 2.75) is 32.4 Å². The minimum atomic E-state index is 0. The number of nitrogens with zero attached hydrogens (tertiary/aromatic N) is 3. The summed E-state index contributed by atoms with van der Waals surface area (Å²) < 4.78 is 0. The number of H-pyrrole nitrogens is 1. The van der Waals surface area contributed by atoms with E-state index in [2.05, 4.69) is 65.0 Å². The van der Waals surface area contributed by atoms with Crippen molar-refractivity contribution >= 4 is 52.7 Å². The van der Waals surface area contributed by atoms with Crippen molar-refractivity contribution in [2.75, 3.05) is 31.9 Å². The fourth-order valence-electron chi connectivity index (χ4n) is 3.20. The maximum Gasteiger partial charge on any atom is 0.193 e. The summed E-state index contributed by atoms with van der Waals surface area (Å²) in [6.07, 6.45) is 4.81. The Labute approximate surface area is 177 Å². The number of pyridine rings is 1. The second kappa shape index (κ2) is 10.4. The Balaban J connectivity index is 0.00000243. The van der Waals surface area contributed by atoms with Crippen molar-refractivity contribution in [1.82, 2.24) is 20.2 Å². The van der Waals surface area contributed by atoms with Crippen LogP contribution in [0.1, 0.15) is 26.3 Å². The molecule has 0 bridgehead atoms. The van der Waals surface area contributed by atoms with Gasteiger partial charge in [0.2, 0.25) is 0 Å². The van der Waals surface area contributed by atoms with Crippen LogP contribution in [0, 0.1) is 5.92 Å². The van der Waals surface area contributed by atoms with E-state index < -0.39 is 0 Å². The van der Waals surface area contributed by atoms with Gasteiger partial charge in [0.15, 0.2) is 5.96 Å². The number of hydrogen-bond donors (Lipinski definition) is 2. The number of rotatable bonds is 5. The first-order chi connectivity index (χ1) is 12.2. The number of nitrogens with one attached hydrogen (secondary N) is 2. The van der Waals surface area contributed by atoms with Crippen LogP contribution in [0.2, 0.25) is 0 Å². The molecule has 0 saturated carbocycles. The van der Waals surface area contributed by atoms with Gasteiger partial charge in [0.25, 0.3) is 0 Å². The van der Waals surface area contributed by atoms with E-state index in [9.17, 15) is 0 Å². The van der Waals surface area contributed by atoms with E-state index in [-0.39, 0.29) is 24.0 Å². The molecule has 2 aromatic heterocycles. The number of hydrogen-bond acceptors (Lipinski definition) is 3. The Bertz CT molecular complexity index is 715. The number of halogens is 1. The smallest absolute Gasteiger partial charge is 0.193 e. The Hall–Kier alpha value is -0.960. The minimum Gasteiger partial charge on any atom is -0.357 e. The SMILES string of the molecule is CCNC(=NCCc1c[nH]c2ncccc12)N1CCSC(C(C)C)C1.I. The van der Waals surface area contributed by atoms with E-state index in [1.807, 2.05) is 12.3 Å². The first kappa shape index (κ1) is 21.3. The van der Waals surface area contributed by atoms with Crippen molar-refractivity contribution < 1.29 is 0 Å². The molecule has 1 unspecified atom stereocenters. The maximum atomic E-state index is 4.90. The molecule has 3 heterocycles. The molecule has 7 heteroatoms. The van der Waals surface area contributed by atoms with Crippen molar-refractivity contribution in [2.24, 2.45) is 10.9 Å². The highest BCUT2D eigenvalue weighted by Gasteiger charge is 2.24. The summed E-state index contributed by atoms with van der Waals surface area (Å²) in [6.45, 7) is 10.6. The molecule has 0 amide bonds. The van der Waals surface area contributed by atoms with Crippen LogP contribution >= 0.6 is 35.7 Å². The quantitative estimate of drug-likeness (QED) is 0.383. The number of aromatic amines is 1. The third-order valence-electron chi connectivity index (χ3n) is 4.65. The summed E-state index contributed by atoms with van der Waals surface area (Å²) in [5, 5.41) is 5.37. The molecule has 2 N–H and O–H groups in total. The van der Waals surface area contributed by atoms with Crippen LogP contribution in [0.3, 0.4) is 0 Å². The van der Waals surface area contributed by atoms with Crippen LogP contribution in [0.25, 0.3) is 11.0 Å². The van der Waals surface area contributed by atoms with Crippen molar-refractivity contribution in [1.29, 1.82) is 0 Å². The van der Waals surface area contributed by atoms with Gasteiger partial charge in [-0.15, -0.1) is 24.0 Å². The molecule has 0 spiro atoms. The van der Waals surface area contributed by atoms with Crippen LogP contribution in [0.4, 0.5) is 0 Å². The number of aliphatic imine (C=N–C) groups is 1. The van der Waals surface area contributed by atoms with Crippen molar-refractivity contribution in [3.63, 3.8) is 0 Å². The van der Waals surface area contributed by atoms with Crippen LogP contribution in [-0.4, -0.2) is 58.0 Å². The Morgan fingerprint density at radius 3 is 3.12 bits per heavy atom. The molecule has 0 radical (unpaired) electrons. The molecule has 1 atom stereocenters. The minimum absolute atomic E-state index is 0. The predicted octanol–water partition coefficient (Wildman–Crippen LogP) is 3.76. The molecule has 2 aromatic rings. The van der Waals surface area contributed by atoms with Crippen LogP contribution < -0.4 is 5.32 Å². The van der Waals surface area contributed by atoms with Gasteiger partial charge in [-0.3, -0.25) is 4.99 Å². The van der Waals surface area contributed by atoms with E-state index in [1.165, 1.54) is 16.7 Å². The fourth-order valence-corrected chi connectivity index (χ4v) is 4.50. The summed E-state index contributed by atoms with van der Waals surface area (Å²) >= 11 is 2.10. The van der Waals surface area contributed by atoms with E-state index >= 15 is 0 Å². The normalized spacial score (nSPS) is 18.2. The number of thioether (sulfide) groups is 1. The number of guanidine groups is 1. The number of fused-ring (bicyclic) bond motifs is 1. The van der Waals surface area contributed by atoms with Gasteiger partial charge in [-0.2, -0.15) is 11.8 Å². The summed E-state index contributed by atoms with van der Waals surface area (Å²) in [4.78, 5) is 14.9. The highest BCUT2D eigenvalue weighted by molar-refractivity contribution is 14.0. The topological polar surface area (TPSA) is 56.3 Å². The van der Waals surface area contributed by atoms with Crippen LogP contribution in [0.5, 0.6) is 0 Å². The summed E-state index contributed by atoms with van der Waals surface area (Å²) in [7, 11) is 0. The highest BCUT2D eigenvalue weighted by atomic mass is 127. The molecule has 0 aliphatic carbocycles. The third kappa shape index (κ3) is 5.28. The molecular weight excluding hydrogens is 457 g/mol. The van der Waals surface area contributed by atoms with E-state index in [4.69, 9.17) is 4.99 Å². The molecule has 5 nitrogen and oxygen atoms in total. The zero-order chi connectivity index (χ0) is 17.6. The highest BCUT2D eigenvalue weighted by Crippen LogP contribution is 2.25. The zero-order valence-corrected chi connectivity index (χ0v) is 19.0. The van der Waals surface area contributed by atoms with Gasteiger partial charge in [0.05, 0.1) is 0 Å². The van der Waals surface area contributed by atoms with E-state index in [1.54, 1.807) is 0 Å². The van der Waals surface area contributed by atoms with Crippen LogP contribution in [-0.2, 0) is 6.42 Å². The van der Waals surface area contributed by atoms with E-state index in [0.29, 0.717) is 11.2 Å². The average molecular weight is 487 g/mol. The summed E-state index contributed by atoms with van der Waals surface area (Å²) in [5.41, 5.74) is 2.25. The Kier molecular flexibility index (Phi) is 8.53. The average Bonchev–Trinajstić information content (AvgIpc) is 3.04. The molecule has 26 heavy (non-hydrogen) atoms. The second-order valence-corrected chi connectivity index (χ2v) is 8.15. The van der Waals surface area contributed by atoms with Gasteiger partial charge in [-0.25, -0.2) is 4.98 Å².